The van der Waals surface area contributed by atoms with Crippen LogP contribution in [0, 0.1) is 11.8 Å². The lowest BCUT2D eigenvalue weighted by Gasteiger charge is -2.33. The SMILES string of the molecule is CCCC(CCCC(C(=O)O)C1(c2ccccc2)C=NN=N1)C1(c2ccccc2)C=NN=N1. The highest BCUT2D eigenvalue weighted by atomic mass is 16.4. The molecule has 2 aliphatic rings. The number of benzene rings is 2. The Hall–Kier alpha value is -3.55. The average molecular weight is 445 g/mol. The van der Waals surface area contributed by atoms with Crippen molar-refractivity contribution in [1.29, 1.82) is 0 Å². The minimum Gasteiger partial charge on any atom is -0.481 e. The Morgan fingerprint density at radius 3 is 1.85 bits per heavy atom. The Morgan fingerprint density at radius 2 is 1.36 bits per heavy atom. The van der Waals surface area contributed by atoms with Crippen molar-refractivity contribution >= 4 is 18.4 Å². The summed E-state index contributed by atoms with van der Waals surface area (Å²) in [7, 11) is 0. The predicted octanol–water partition coefficient (Wildman–Crippen LogP) is 5.97. The van der Waals surface area contributed by atoms with Crippen molar-refractivity contribution in [1.82, 2.24) is 0 Å². The molecule has 0 bridgehead atoms. The van der Waals surface area contributed by atoms with E-state index in [-0.39, 0.29) is 5.92 Å². The first-order chi connectivity index (χ1) is 16.1. The van der Waals surface area contributed by atoms with Gasteiger partial charge in [0.1, 0.15) is 5.54 Å². The van der Waals surface area contributed by atoms with Crippen molar-refractivity contribution in [3.8, 4) is 0 Å². The molecule has 1 N–H and O–H groups in total. The van der Waals surface area contributed by atoms with E-state index < -0.39 is 23.0 Å². The van der Waals surface area contributed by atoms with Crippen molar-refractivity contribution in [2.45, 2.75) is 50.1 Å². The Kier molecular flexibility index (Phi) is 6.82. The molecule has 0 saturated carbocycles. The molecule has 8 heteroatoms. The van der Waals surface area contributed by atoms with Gasteiger partial charge < -0.3 is 5.11 Å². The fourth-order valence-corrected chi connectivity index (χ4v) is 4.97. The van der Waals surface area contributed by atoms with E-state index >= 15 is 0 Å². The number of carboxylic acids is 1. The van der Waals surface area contributed by atoms with Crippen molar-refractivity contribution in [2.24, 2.45) is 42.7 Å². The van der Waals surface area contributed by atoms with Gasteiger partial charge in [-0.15, -0.1) is 10.2 Å². The zero-order valence-corrected chi connectivity index (χ0v) is 18.7. The van der Waals surface area contributed by atoms with E-state index in [1.165, 1.54) is 0 Å². The van der Waals surface area contributed by atoms with Gasteiger partial charge in [0.2, 0.25) is 0 Å². The van der Waals surface area contributed by atoms with Gasteiger partial charge in [-0.25, -0.2) is 0 Å². The largest absolute Gasteiger partial charge is 0.481 e. The maximum absolute atomic E-state index is 12.4. The van der Waals surface area contributed by atoms with E-state index in [0.29, 0.717) is 12.8 Å². The molecule has 0 saturated heterocycles. The number of rotatable bonds is 11. The summed E-state index contributed by atoms with van der Waals surface area (Å²) in [5, 5.41) is 34.8. The van der Waals surface area contributed by atoms with Crippen molar-refractivity contribution in [2.75, 3.05) is 0 Å². The minimum absolute atomic E-state index is 0.154. The monoisotopic (exact) mass is 444 g/mol. The second kappa shape index (κ2) is 9.94. The average Bonchev–Trinajstić information content (AvgIpc) is 3.54. The van der Waals surface area contributed by atoms with E-state index in [1.54, 1.807) is 6.21 Å². The Morgan fingerprint density at radius 1 is 0.818 bits per heavy atom. The molecule has 8 nitrogen and oxygen atoms in total. The summed E-state index contributed by atoms with van der Waals surface area (Å²) in [6.45, 7) is 2.15. The summed E-state index contributed by atoms with van der Waals surface area (Å²) in [5.74, 6) is -1.53. The lowest BCUT2D eigenvalue weighted by atomic mass is 9.73. The van der Waals surface area contributed by atoms with E-state index in [1.807, 2.05) is 54.7 Å². The molecule has 33 heavy (non-hydrogen) atoms. The highest BCUT2D eigenvalue weighted by molar-refractivity contribution is 5.84. The molecule has 0 fully saturated rings. The Bertz CT molecular complexity index is 1040. The van der Waals surface area contributed by atoms with E-state index in [0.717, 1.165) is 30.4 Å². The molecule has 170 valence electrons. The first kappa shape index (κ1) is 22.6. The smallest absolute Gasteiger partial charge is 0.309 e. The summed E-state index contributed by atoms with van der Waals surface area (Å²) in [4.78, 5) is 12.4. The van der Waals surface area contributed by atoms with E-state index in [4.69, 9.17) is 0 Å². The van der Waals surface area contributed by atoms with Crippen LogP contribution in [0.4, 0.5) is 0 Å². The van der Waals surface area contributed by atoms with Gasteiger partial charge in [0.25, 0.3) is 0 Å². The molecule has 0 aliphatic carbocycles. The number of hydrogen-bond donors (Lipinski definition) is 1. The maximum Gasteiger partial charge on any atom is 0.309 e. The fraction of sp³-hybridized carbons (Fsp3) is 0.400. The zero-order valence-electron chi connectivity index (χ0n) is 18.7. The van der Waals surface area contributed by atoms with Gasteiger partial charge in [0.15, 0.2) is 5.54 Å². The molecule has 0 aromatic heterocycles. The molecule has 2 aromatic carbocycles. The van der Waals surface area contributed by atoms with Crippen LogP contribution in [0.3, 0.4) is 0 Å². The quantitative estimate of drug-likeness (QED) is 0.460. The van der Waals surface area contributed by atoms with E-state index in [9.17, 15) is 9.90 Å². The summed E-state index contributed by atoms with van der Waals surface area (Å²) in [6, 6.07) is 19.5. The van der Waals surface area contributed by atoms with Crippen LogP contribution in [0.5, 0.6) is 0 Å². The summed E-state index contributed by atoms with van der Waals surface area (Å²) >= 11 is 0. The third-order valence-corrected chi connectivity index (χ3v) is 6.64. The number of nitrogens with zero attached hydrogens (tertiary/aromatic N) is 6. The number of carbonyl (C=O) groups is 1. The maximum atomic E-state index is 12.4. The minimum atomic E-state index is -1.08. The molecule has 2 aromatic rings. The van der Waals surface area contributed by atoms with Crippen LogP contribution < -0.4 is 0 Å². The molecule has 2 heterocycles. The van der Waals surface area contributed by atoms with Crippen molar-refractivity contribution in [3.63, 3.8) is 0 Å². The van der Waals surface area contributed by atoms with Gasteiger partial charge in [0.05, 0.1) is 18.3 Å². The highest BCUT2D eigenvalue weighted by Gasteiger charge is 2.47. The Balaban J connectivity index is 1.56. The lowest BCUT2D eigenvalue weighted by molar-refractivity contribution is -0.143. The van der Waals surface area contributed by atoms with Crippen molar-refractivity contribution in [3.05, 3.63) is 71.8 Å². The number of aliphatic carboxylic acids is 1. The van der Waals surface area contributed by atoms with Crippen LogP contribution in [-0.2, 0) is 15.9 Å². The van der Waals surface area contributed by atoms with Gasteiger partial charge in [-0.1, -0.05) is 80.4 Å². The zero-order chi connectivity index (χ0) is 23.2. The van der Waals surface area contributed by atoms with Crippen LogP contribution >= 0.6 is 0 Å². The molecular weight excluding hydrogens is 416 g/mol. The Labute approximate surface area is 193 Å². The van der Waals surface area contributed by atoms with Gasteiger partial charge in [0, 0.05) is 0 Å². The molecule has 0 amide bonds. The summed E-state index contributed by atoms with van der Waals surface area (Å²) in [6.07, 6.45) is 7.24. The highest BCUT2D eigenvalue weighted by Crippen LogP contribution is 2.43. The summed E-state index contributed by atoms with van der Waals surface area (Å²) < 4.78 is 0. The first-order valence-electron chi connectivity index (χ1n) is 11.4. The molecule has 2 aliphatic heterocycles. The third-order valence-electron chi connectivity index (χ3n) is 6.64. The lowest BCUT2D eigenvalue weighted by Crippen LogP contribution is -2.39. The number of hydrogen-bond acceptors (Lipinski definition) is 7. The van der Waals surface area contributed by atoms with Crippen LogP contribution in [-0.4, -0.2) is 23.5 Å². The van der Waals surface area contributed by atoms with Gasteiger partial charge >= 0.3 is 5.97 Å². The van der Waals surface area contributed by atoms with E-state index in [2.05, 4.69) is 49.9 Å². The van der Waals surface area contributed by atoms with Crippen molar-refractivity contribution < 1.29 is 9.90 Å². The normalized spacial score (nSPS) is 24.9. The third kappa shape index (κ3) is 4.37. The van der Waals surface area contributed by atoms with Crippen LogP contribution in [0.1, 0.15) is 50.2 Å². The molecule has 4 rings (SSSR count). The second-order valence-electron chi connectivity index (χ2n) is 8.56. The number of carboxylic acid groups (broad SMARTS) is 1. The van der Waals surface area contributed by atoms with Gasteiger partial charge in [-0.2, -0.15) is 10.2 Å². The standard InChI is InChI=1S/C25H28N6O2/c1-2-10-19(24(17-26-30-28-24)20-11-5-3-6-12-20)15-9-16-22(23(32)33)25(18-27-31-29-25)21-13-7-4-8-14-21/h3-8,11-14,17-19,22H,2,9-10,15-16H2,1H3,(H,32,33). The topological polar surface area (TPSA) is 111 Å². The van der Waals surface area contributed by atoms with Crippen LogP contribution in [0.2, 0.25) is 0 Å². The second-order valence-corrected chi connectivity index (χ2v) is 8.56. The molecule has 0 spiro atoms. The van der Waals surface area contributed by atoms with Gasteiger partial charge in [-0.3, -0.25) is 4.79 Å². The van der Waals surface area contributed by atoms with Gasteiger partial charge in [-0.05, 0) is 46.8 Å². The molecule has 4 unspecified atom stereocenters. The predicted molar refractivity (Wildman–Crippen MR) is 126 cm³/mol. The molecule has 4 atom stereocenters. The van der Waals surface area contributed by atoms with Crippen LogP contribution in [0.15, 0.2) is 91.5 Å². The first-order valence-corrected chi connectivity index (χ1v) is 11.4. The fourth-order valence-electron chi connectivity index (χ4n) is 4.97. The summed E-state index contributed by atoms with van der Waals surface area (Å²) in [5.41, 5.74) is 0.145. The molecular formula is C25H28N6O2. The molecule has 0 radical (unpaired) electrons. The van der Waals surface area contributed by atoms with Crippen LogP contribution in [0.25, 0.3) is 0 Å².